The standard InChI is InChI=1S/C12H12F3NO.2C2H6/c13-12(14,15)11(17)16-10-7-3-5-8-4-1-2-6-9(8)10;2*1-2/h1-2,4,6,10H,3,5,7H2,(H,16,17);2*1-2H3/t10-;;/m1../s1. The van der Waals surface area contributed by atoms with Crippen LogP contribution in [0.5, 0.6) is 0 Å². The van der Waals surface area contributed by atoms with Gasteiger partial charge in [0.25, 0.3) is 0 Å². The van der Waals surface area contributed by atoms with Gasteiger partial charge in [-0.3, -0.25) is 4.79 Å². The highest BCUT2D eigenvalue weighted by Gasteiger charge is 2.40. The third-order valence-corrected chi connectivity index (χ3v) is 2.93. The average Bonchev–Trinajstić information content (AvgIpc) is 2.51. The summed E-state index contributed by atoms with van der Waals surface area (Å²) in [4.78, 5) is 10.9. The van der Waals surface area contributed by atoms with Crippen LogP contribution in [0.3, 0.4) is 0 Å². The lowest BCUT2D eigenvalue weighted by atomic mass is 9.88. The molecule has 0 bridgehead atoms. The molecule has 1 N–H and O–H groups in total. The summed E-state index contributed by atoms with van der Waals surface area (Å²) in [7, 11) is 0. The number of carbonyl (C=O) groups is 1. The first-order chi connectivity index (χ1) is 9.98. The van der Waals surface area contributed by atoms with Gasteiger partial charge in [0.05, 0.1) is 6.04 Å². The van der Waals surface area contributed by atoms with E-state index in [1.807, 2.05) is 39.8 Å². The van der Waals surface area contributed by atoms with Crippen molar-refractivity contribution in [3.8, 4) is 0 Å². The van der Waals surface area contributed by atoms with E-state index in [4.69, 9.17) is 0 Å². The lowest BCUT2D eigenvalue weighted by Gasteiger charge is -2.26. The van der Waals surface area contributed by atoms with Crippen LogP contribution in [0.25, 0.3) is 0 Å². The number of rotatable bonds is 1. The van der Waals surface area contributed by atoms with E-state index in [0.29, 0.717) is 6.42 Å². The van der Waals surface area contributed by atoms with Gasteiger partial charge in [-0.05, 0) is 30.4 Å². The summed E-state index contributed by atoms with van der Waals surface area (Å²) in [6.07, 6.45) is -2.61. The predicted octanol–water partition coefficient (Wildman–Crippen LogP) is 4.79. The van der Waals surface area contributed by atoms with Gasteiger partial charge in [-0.2, -0.15) is 13.2 Å². The Labute approximate surface area is 124 Å². The third-order valence-electron chi connectivity index (χ3n) is 2.93. The number of hydrogen-bond donors (Lipinski definition) is 1. The van der Waals surface area contributed by atoms with E-state index < -0.39 is 18.1 Å². The van der Waals surface area contributed by atoms with Gasteiger partial charge in [-0.1, -0.05) is 52.0 Å². The van der Waals surface area contributed by atoms with Crippen molar-refractivity contribution in [2.75, 3.05) is 0 Å². The molecule has 1 aliphatic carbocycles. The van der Waals surface area contributed by atoms with E-state index in [1.165, 1.54) is 0 Å². The SMILES string of the molecule is CC.CC.O=C(N[C@@H]1CCCc2ccccc21)C(F)(F)F. The van der Waals surface area contributed by atoms with Crippen LogP contribution in [0, 0.1) is 0 Å². The van der Waals surface area contributed by atoms with Gasteiger partial charge in [0.2, 0.25) is 0 Å². The van der Waals surface area contributed by atoms with Crippen LogP contribution in [-0.2, 0) is 11.2 Å². The van der Waals surface area contributed by atoms with Crippen LogP contribution in [0.2, 0.25) is 0 Å². The molecule has 1 amide bonds. The van der Waals surface area contributed by atoms with Crippen molar-refractivity contribution in [2.45, 2.75) is 59.2 Å². The highest BCUT2D eigenvalue weighted by atomic mass is 19.4. The lowest BCUT2D eigenvalue weighted by molar-refractivity contribution is -0.174. The molecule has 0 spiro atoms. The maximum Gasteiger partial charge on any atom is 0.471 e. The molecule has 2 rings (SSSR count). The molecule has 21 heavy (non-hydrogen) atoms. The van der Waals surface area contributed by atoms with Gasteiger partial charge in [-0.25, -0.2) is 0 Å². The Balaban J connectivity index is 0.000000921. The number of nitrogens with one attached hydrogen (secondary N) is 1. The van der Waals surface area contributed by atoms with Gasteiger partial charge in [0.15, 0.2) is 0 Å². The molecule has 1 aromatic carbocycles. The highest BCUT2D eigenvalue weighted by molar-refractivity contribution is 5.82. The van der Waals surface area contributed by atoms with Crippen molar-refractivity contribution in [1.82, 2.24) is 5.32 Å². The number of hydrogen-bond acceptors (Lipinski definition) is 1. The summed E-state index contributed by atoms with van der Waals surface area (Å²) in [6.45, 7) is 8.00. The smallest absolute Gasteiger partial charge is 0.341 e. The van der Waals surface area contributed by atoms with E-state index in [-0.39, 0.29) is 0 Å². The minimum Gasteiger partial charge on any atom is -0.341 e. The number of alkyl halides is 3. The van der Waals surface area contributed by atoms with Crippen molar-refractivity contribution in [2.24, 2.45) is 0 Å². The van der Waals surface area contributed by atoms with Crippen LogP contribution in [0.1, 0.15) is 57.7 Å². The Morgan fingerprint density at radius 3 is 2.29 bits per heavy atom. The largest absolute Gasteiger partial charge is 0.471 e. The van der Waals surface area contributed by atoms with Crippen molar-refractivity contribution < 1.29 is 18.0 Å². The fourth-order valence-electron chi connectivity index (χ4n) is 2.14. The molecule has 1 atom stereocenters. The maximum atomic E-state index is 12.2. The Morgan fingerprint density at radius 2 is 1.71 bits per heavy atom. The van der Waals surface area contributed by atoms with Crippen LogP contribution in [-0.4, -0.2) is 12.1 Å². The van der Waals surface area contributed by atoms with Crippen molar-refractivity contribution in [3.63, 3.8) is 0 Å². The molecule has 0 aromatic heterocycles. The predicted molar refractivity (Wildman–Crippen MR) is 79.0 cm³/mol. The number of carbonyl (C=O) groups excluding carboxylic acids is 1. The van der Waals surface area contributed by atoms with E-state index >= 15 is 0 Å². The van der Waals surface area contributed by atoms with Crippen molar-refractivity contribution in [3.05, 3.63) is 35.4 Å². The Morgan fingerprint density at radius 1 is 1.14 bits per heavy atom. The van der Waals surface area contributed by atoms with E-state index in [0.717, 1.165) is 24.0 Å². The minimum atomic E-state index is -4.81. The number of aryl methyl sites for hydroxylation is 1. The first-order valence-corrected chi connectivity index (χ1v) is 7.44. The fraction of sp³-hybridized carbons (Fsp3) is 0.562. The zero-order valence-electron chi connectivity index (χ0n) is 13.1. The lowest BCUT2D eigenvalue weighted by Crippen LogP contribution is -2.40. The average molecular weight is 303 g/mol. The summed E-state index contributed by atoms with van der Waals surface area (Å²) in [5.74, 6) is -1.86. The van der Waals surface area contributed by atoms with Crippen molar-refractivity contribution in [1.29, 1.82) is 0 Å². The Bertz CT molecular complexity index is 430. The second-order valence-corrected chi connectivity index (χ2v) is 4.11. The molecule has 0 fully saturated rings. The topological polar surface area (TPSA) is 29.1 Å². The van der Waals surface area contributed by atoms with E-state index in [2.05, 4.69) is 5.32 Å². The maximum absolute atomic E-state index is 12.2. The zero-order chi connectivity index (χ0) is 16.5. The summed E-state index contributed by atoms with van der Waals surface area (Å²) in [6, 6.07) is 6.77. The highest BCUT2D eigenvalue weighted by Crippen LogP contribution is 2.30. The molecule has 0 aliphatic heterocycles. The molecule has 0 saturated carbocycles. The molecule has 0 unspecified atom stereocenters. The molecule has 1 aliphatic rings. The quantitative estimate of drug-likeness (QED) is 0.793. The third kappa shape index (κ3) is 5.78. The molecule has 0 radical (unpaired) electrons. The van der Waals surface area contributed by atoms with E-state index in [9.17, 15) is 18.0 Å². The molecule has 5 heteroatoms. The van der Waals surface area contributed by atoms with Crippen LogP contribution in [0.15, 0.2) is 24.3 Å². The molecule has 1 aromatic rings. The molecule has 0 saturated heterocycles. The van der Waals surface area contributed by atoms with Gasteiger partial charge >= 0.3 is 12.1 Å². The Kier molecular flexibility index (Phi) is 8.74. The molecular weight excluding hydrogens is 279 g/mol. The molecular formula is C16H24F3NO. The minimum absolute atomic E-state index is 0.519. The number of amides is 1. The second kappa shape index (κ2) is 9.42. The van der Waals surface area contributed by atoms with Crippen molar-refractivity contribution >= 4 is 5.91 Å². The normalized spacial score (nSPS) is 16.4. The first kappa shape index (κ1) is 19.5. The molecule has 120 valence electrons. The number of fused-ring (bicyclic) bond motifs is 1. The zero-order valence-corrected chi connectivity index (χ0v) is 13.1. The van der Waals surface area contributed by atoms with Gasteiger partial charge in [0.1, 0.15) is 0 Å². The summed E-state index contributed by atoms with van der Waals surface area (Å²) in [5.41, 5.74) is 1.82. The monoisotopic (exact) mass is 303 g/mol. The van der Waals surface area contributed by atoms with E-state index in [1.54, 1.807) is 12.1 Å². The number of halogens is 3. The number of benzene rings is 1. The second-order valence-electron chi connectivity index (χ2n) is 4.11. The summed E-state index contributed by atoms with van der Waals surface area (Å²) < 4.78 is 36.5. The Hall–Kier alpha value is -1.52. The van der Waals surface area contributed by atoms with Gasteiger partial charge in [-0.15, -0.1) is 0 Å². The van der Waals surface area contributed by atoms with Crippen LogP contribution < -0.4 is 5.32 Å². The van der Waals surface area contributed by atoms with Crippen LogP contribution >= 0.6 is 0 Å². The molecule has 0 heterocycles. The van der Waals surface area contributed by atoms with Gasteiger partial charge < -0.3 is 5.32 Å². The first-order valence-electron chi connectivity index (χ1n) is 7.44. The molecule has 2 nitrogen and oxygen atoms in total. The van der Waals surface area contributed by atoms with Gasteiger partial charge in [0, 0.05) is 0 Å². The summed E-state index contributed by atoms with van der Waals surface area (Å²) in [5, 5.41) is 2.05. The summed E-state index contributed by atoms with van der Waals surface area (Å²) >= 11 is 0. The van der Waals surface area contributed by atoms with Crippen LogP contribution in [0.4, 0.5) is 13.2 Å². The fourth-order valence-corrected chi connectivity index (χ4v) is 2.14.